The maximum Gasteiger partial charge on any atom is 0.339 e. The van der Waals surface area contributed by atoms with Gasteiger partial charge in [0.25, 0.3) is 0 Å². The molecule has 0 aromatic rings. The summed E-state index contributed by atoms with van der Waals surface area (Å²) in [5.41, 5.74) is 1.19. The molecular formula is C17H25NO6. The lowest BCUT2D eigenvalue weighted by atomic mass is 9.87. The molecule has 0 bridgehead atoms. The zero-order valence-electron chi connectivity index (χ0n) is 15.2. The lowest BCUT2D eigenvalue weighted by Gasteiger charge is -2.27. The fraction of sp³-hybridized carbons (Fsp3) is 0.588. The van der Waals surface area contributed by atoms with E-state index in [0.29, 0.717) is 22.5 Å². The Kier molecular flexibility index (Phi) is 6.17. The maximum absolute atomic E-state index is 12.3. The van der Waals surface area contributed by atoms with Gasteiger partial charge >= 0.3 is 17.9 Å². The Labute approximate surface area is 142 Å². The number of rotatable bonds is 4. The molecule has 1 N–H and O–H groups in total. The second kappa shape index (κ2) is 7.51. The van der Waals surface area contributed by atoms with Gasteiger partial charge in [-0.05, 0) is 34.6 Å². The van der Waals surface area contributed by atoms with Crippen molar-refractivity contribution in [1.82, 2.24) is 5.32 Å². The van der Waals surface area contributed by atoms with Gasteiger partial charge in [-0.15, -0.1) is 0 Å². The summed E-state index contributed by atoms with van der Waals surface area (Å²) in [6.45, 7) is 9.80. The predicted octanol–water partition coefficient (Wildman–Crippen LogP) is 2.04. The first-order valence-electron chi connectivity index (χ1n) is 7.62. The molecule has 0 aromatic carbocycles. The molecule has 1 aliphatic heterocycles. The van der Waals surface area contributed by atoms with Gasteiger partial charge in [-0.25, -0.2) is 9.59 Å². The van der Waals surface area contributed by atoms with E-state index in [2.05, 4.69) is 5.32 Å². The minimum atomic E-state index is -0.681. The number of dihydropyridines is 1. The molecule has 0 saturated carbocycles. The number of hydrogen-bond donors (Lipinski definition) is 1. The smallest absolute Gasteiger partial charge is 0.339 e. The van der Waals surface area contributed by atoms with Crippen LogP contribution in [0.4, 0.5) is 0 Å². The van der Waals surface area contributed by atoms with Crippen molar-refractivity contribution in [3.8, 4) is 0 Å². The van der Waals surface area contributed by atoms with Crippen LogP contribution in [0.3, 0.4) is 0 Å². The highest BCUT2D eigenvalue weighted by Crippen LogP contribution is 2.30. The molecule has 0 aromatic heterocycles. The van der Waals surface area contributed by atoms with Gasteiger partial charge in [0.05, 0.1) is 23.7 Å². The van der Waals surface area contributed by atoms with Crippen molar-refractivity contribution in [3.05, 3.63) is 22.5 Å². The summed E-state index contributed by atoms with van der Waals surface area (Å²) >= 11 is 0. The van der Waals surface area contributed by atoms with Crippen molar-refractivity contribution in [2.24, 2.45) is 11.3 Å². The first-order chi connectivity index (χ1) is 11.0. The lowest BCUT2D eigenvalue weighted by molar-refractivity contribution is -0.171. The number of methoxy groups -OCH3 is 1. The standard InChI is InChI=1S/C17H25NO6/c1-9-12(14(19)22-7)10(2)18-11(3)13(9)15(20)23-8-24-16(21)17(4,5)6/h9,18H,8H2,1-7H3. The average molecular weight is 339 g/mol. The Morgan fingerprint density at radius 2 is 1.50 bits per heavy atom. The lowest BCUT2D eigenvalue weighted by Crippen LogP contribution is -2.32. The van der Waals surface area contributed by atoms with Gasteiger partial charge in [-0.1, -0.05) is 6.92 Å². The first-order valence-corrected chi connectivity index (χ1v) is 7.62. The van der Waals surface area contributed by atoms with Crippen LogP contribution in [0.5, 0.6) is 0 Å². The molecule has 0 radical (unpaired) electrons. The number of nitrogens with one attached hydrogen (secondary N) is 1. The minimum absolute atomic E-state index is 0.299. The normalized spacial score (nSPS) is 18.0. The quantitative estimate of drug-likeness (QED) is 0.619. The molecule has 7 heteroatoms. The summed E-state index contributed by atoms with van der Waals surface area (Å²) < 4.78 is 14.7. The zero-order chi connectivity index (χ0) is 18.7. The maximum atomic E-state index is 12.3. The average Bonchev–Trinajstić information content (AvgIpc) is 2.45. The van der Waals surface area contributed by atoms with E-state index in [4.69, 9.17) is 14.2 Å². The van der Waals surface area contributed by atoms with Gasteiger partial charge in [0, 0.05) is 17.3 Å². The molecule has 0 fully saturated rings. The SMILES string of the molecule is COC(=O)C1=C(C)NC(C)=C(C(=O)OCOC(=O)C(C)(C)C)C1C. The van der Waals surface area contributed by atoms with Crippen LogP contribution in [0, 0.1) is 11.3 Å². The van der Waals surface area contributed by atoms with Gasteiger partial charge in [0.2, 0.25) is 6.79 Å². The van der Waals surface area contributed by atoms with E-state index in [9.17, 15) is 14.4 Å². The Balaban J connectivity index is 2.82. The fourth-order valence-corrected chi connectivity index (χ4v) is 2.41. The van der Waals surface area contributed by atoms with Crippen molar-refractivity contribution in [1.29, 1.82) is 0 Å². The van der Waals surface area contributed by atoms with Crippen molar-refractivity contribution < 1.29 is 28.6 Å². The Morgan fingerprint density at radius 3 is 1.96 bits per heavy atom. The van der Waals surface area contributed by atoms with Crippen LogP contribution in [-0.4, -0.2) is 31.8 Å². The van der Waals surface area contributed by atoms with Gasteiger partial charge in [-0.3, -0.25) is 4.79 Å². The molecule has 0 saturated heterocycles. The second-order valence-corrected chi connectivity index (χ2v) is 6.65. The number of esters is 3. The highest BCUT2D eigenvalue weighted by Gasteiger charge is 2.34. The van der Waals surface area contributed by atoms with Gasteiger partial charge in [-0.2, -0.15) is 0 Å². The largest absolute Gasteiger partial charge is 0.466 e. The fourth-order valence-electron chi connectivity index (χ4n) is 2.41. The summed E-state index contributed by atoms with van der Waals surface area (Å²) in [4.78, 5) is 35.9. The Bertz CT molecular complexity index is 609. The summed E-state index contributed by atoms with van der Waals surface area (Å²) in [7, 11) is 1.28. The van der Waals surface area contributed by atoms with Crippen LogP contribution in [0.15, 0.2) is 22.5 Å². The molecule has 7 nitrogen and oxygen atoms in total. The second-order valence-electron chi connectivity index (χ2n) is 6.65. The van der Waals surface area contributed by atoms with Crippen LogP contribution in [0.25, 0.3) is 0 Å². The van der Waals surface area contributed by atoms with Crippen molar-refractivity contribution in [2.75, 3.05) is 13.9 Å². The molecule has 1 rings (SSSR count). The number of carbonyl (C=O) groups excluding carboxylic acids is 3. The summed E-state index contributed by atoms with van der Waals surface area (Å²) in [6.07, 6.45) is 0. The number of allylic oxidation sites excluding steroid dienone is 2. The monoisotopic (exact) mass is 339 g/mol. The Morgan fingerprint density at radius 1 is 1.00 bits per heavy atom. The molecule has 0 spiro atoms. The van der Waals surface area contributed by atoms with Gasteiger partial charge < -0.3 is 19.5 Å². The number of carbonyl (C=O) groups is 3. The highest BCUT2D eigenvalue weighted by atomic mass is 16.7. The van der Waals surface area contributed by atoms with E-state index in [0.717, 1.165) is 0 Å². The molecule has 0 amide bonds. The van der Waals surface area contributed by atoms with E-state index in [-0.39, 0.29) is 0 Å². The third-order valence-electron chi connectivity index (χ3n) is 3.67. The molecule has 1 unspecified atom stereocenters. The molecular weight excluding hydrogens is 314 g/mol. The summed E-state index contributed by atoms with van der Waals surface area (Å²) in [5.74, 6) is -2.13. The van der Waals surface area contributed by atoms with E-state index in [1.54, 1.807) is 41.5 Å². The van der Waals surface area contributed by atoms with E-state index in [1.165, 1.54) is 7.11 Å². The third kappa shape index (κ3) is 4.37. The van der Waals surface area contributed by atoms with Crippen LogP contribution >= 0.6 is 0 Å². The van der Waals surface area contributed by atoms with E-state index < -0.39 is 36.0 Å². The predicted molar refractivity (Wildman–Crippen MR) is 86.2 cm³/mol. The zero-order valence-corrected chi connectivity index (χ0v) is 15.2. The van der Waals surface area contributed by atoms with Crippen molar-refractivity contribution in [3.63, 3.8) is 0 Å². The summed E-state index contributed by atoms with van der Waals surface area (Å²) in [6, 6.07) is 0. The molecule has 1 atom stereocenters. The third-order valence-corrected chi connectivity index (χ3v) is 3.67. The number of hydrogen-bond acceptors (Lipinski definition) is 7. The van der Waals surface area contributed by atoms with E-state index >= 15 is 0 Å². The van der Waals surface area contributed by atoms with Crippen LogP contribution in [0.2, 0.25) is 0 Å². The van der Waals surface area contributed by atoms with Gasteiger partial charge in [0.15, 0.2) is 0 Å². The molecule has 134 valence electrons. The van der Waals surface area contributed by atoms with Crippen LogP contribution in [-0.2, 0) is 28.6 Å². The van der Waals surface area contributed by atoms with Gasteiger partial charge in [0.1, 0.15) is 0 Å². The van der Waals surface area contributed by atoms with Crippen LogP contribution < -0.4 is 5.32 Å². The van der Waals surface area contributed by atoms with Crippen LogP contribution in [0.1, 0.15) is 41.5 Å². The molecule has 24 heavy (non-hydrogen) atoms. The van der Waals surface area contributed by atoms with Crippen molar-refractivity contribution in [2.45, 2.75) is 41.5 Å². The first kappa shape index (κ1) is 19.7. The van der Waals surface area contributed by atoms with Crippen molar-refractivity contribution >= 4 is 17.9 Å². The Hall–Kier alpha value is -2.31. The molecule has 0 aliphatic carbocycles. The molecule has 1 heterocycles. The highest BCUT2D eigenvalue weighted by molar-refractivity contribution is 5.97. The minimum Gasteiger partial charge on any atom is -0.466 e. The molecule has 1 aliphatic rings. The topological polar surface area (TPSA) is 90.9 Å². The summed E-state index contributed by atoms with van der Waals surface area (Å²) in [5, 5.41) is 2.98. The number of ether oxygens (including phenoxy) is 3. The van der Waals surface area contributed by atoms with E-state index in [1.807, 2.05) is 0 Å².